The molecule has 2 aromatic carbocycles. The van der Waals surface area contributed by atoms with E-state index in [-0.39, 0.29) is 11.9 Å². The SMILES string of the molecule is O=C(NC1CCC(CCN2CCc3ccc(-c4cnccn4)cc3CC2)CC1)c1cccc(-n2cccn2)c1. The molecule has 3 heterocycles. The maximum atomic E-state index is 12.9. The molecular formula is C32H36N6O. The van der Waals surface area contributed by atoms with Crippen LogP contribution in [0.2, 0.25) is 0 Å². The van der Waals surface area contributed by atoms with E-state index in [0.717, 1.165) is 68.2 Å². The van der Waals surface area contributed by atoms with Crippen LogP contribution in [0.15, 0.2) is 79.5 Å². The van der Waals surface area contributed by atoms with Crippen molar-refractivity contribution in [2.75, 3.05) is 19.6 Å². The lowest BCUT2D eigenvalue weighted by molar-refractivity contribution is 0.0920. The second-order valence-electron chi connectivity index (χ2n) is 10.9. The van der Waals surface area contributed by atoms with E-state index in [1.807, 2.05) is 42.7 Å². The van der Waals surface area contributed by atoms with Crippen LogP contribution in [0.3, 0.4) is 0 Å². The predicted octanol–water partition coefficient (Wildman–Crippen LogP) is 5.11. The van der Waals surface area contributed by atoms with Crippen molar-refractivity contribution in [3.05, 3.63) is 96.2 Å². The zero-order valence-corrected chi connectivity index (χ0v) is 22.4. The van der Waals surface area contributed by atoms with E-state index in [0.29, 0.717) is 5.56 Å². The van der Waals surface area contributed by atoms with Crippen molar-refractivity contribution < 1.29 is 4.79 Å². The number of carbonyl (C=O) groups is 1. The summed E-state index contributed by atoms with van der Waals surface area (Å²) in [6, 6.07) is 16.6. The highest BCUT2D eigenvalue weighted by molar-refractivity contribution is 5.94. The Morgan fingerprint density at radius 3 is 2.59 bits per heavy atom. The largest absolute Gasteiger partial charge is 0.349 e. The average molecular weight is 521 g/mol. The van der Waals surface area contributed by atoms with Crippen LogP contribution < -0.4 is 5.32 Å². The summed E-state index contributed by atoms with van der Waals surface area (Å²) >= 11 is 0. The Kier molecular flexibility index (Phi) is 7.77. The molecule has 0 spiro atoms. The number of aromatic nitrogens is 4. The average Bonchev–Trinajstić information content (AvgIpc) is 3.46. The van der Waals surface area contributed by atoms with E-state index in [2.05, 4.69) is 43.5 Å². The van der Waals surface area contributed by atoms with Gasteiger partial charge < -0.3 is 10.2 Å². The topological polar surface area (TPSA) is 75.9 Å². The molecule has 1 aliphatic heterocycles. The van der Waals surface area contributed by atoms with Gasteiger partial charge in [-0.05, 0) is 98.9 Å². The number of fused-ring (bicyclic) bond motifs is 1. The van der Waals surface area contributed by atoms with E-state index in [1.165, 1.54) is 30.4 Å². The van der Waals surface area contributed by atoms with Crippen molar-refractivity contribution in [2.45, 2.75) is 51.0 Å². The number of nitrogens with one attached hydrogen (secondary N) is 1. The smallest absolute Gasteiger partial charge is 0.251 e. The Bertz CT molecular complexity index is 1380. The number of carbonyl (C=O) groups excluding carboxylic acids is 1. The van der Waals surface area contributed by atoms with Gasteiger partial charge >= 0.3 is 0 Å². The molecule has 7 nitrogen and oxygen atoms in total. The van der Waals surface area contributed by atoms with Crippen molar-refractivity contribution >= 4 is 5.91 Å². The number of benzene rings is 2. The molecule has 0 saturated heterocycles. The molecule has 1 N–H and O–H groups in total. The molecule has 0 bridgehead atoms. The lowest BCUT2D eigenvalue weighted by Gasteiger charge is -2.30. The molecule has 1 aliphatic carbocycles. The minimum atomic E-state index is 0.0130. The molecule has 1 amide bonds. The first-order valence-corrected chi connectivity index (χ1v) is 14.2. The maximum absolute atomic E-state index is 12.9. The molecule has 4 aromatic rings. The highest BCUT2D eigenvalue weighted by Crippen LogP contribution is 2.28. The molecule has 7 heteroatoms. The van der Waals surface area contributed by atoms with Crippen molar-refractivity contribution in [1.29, 1.82) is 0 Å². The summed E-state index contributed by atoms with van der Waals surface area (Å²) in [6.45, 7) is 3.40. The lowest BCUT2D eigenvalue weighted by Crippen LogP contribution is -2.38. The van der Waals surface area contributed by atoms with Gasteiger partial charge in [0.1, 0.15) is 0 Å². The molecule has 6 rings (SSSR count). The zero-order valence-electron chi connectivity index (χ0n) is 22.4. The van der Waals surface area contributed by atoms with Gasteiger partial charge in [-0.1, -0.05) is 18.2 Å². The third-order valence-corrected chi connectivity index (χ3v) is 8.37. The minimum absolute atomic E-state index is 0.0130. The fraction of sp³-hybridized carbons (Fsp3) is 0.375. The van der Waals surface area contributed by atoms with Gasteiger partial charge in [0.15, 0.2) is 0 Å². The van der Waals surface area contributed by atoms with Crippen molar-refractivity contribution in [1.82, 2.24) is 30.0 Å². The van der Waals surface area contributed by atoms with Crippen molar-refractivity contribution in [3.63, 3.8) is 0 Å². The van der Waals surface area contributed by atoms with Gasteiger partial charge in [-0.15, -0.1) is 0 Å². The first-order valence-electron chi connectivity index (χ1n) is 14.2. The second-order valence-corrected chi connectivity index (χ2v) is 10.9. The quantitative estimate of drug-likeness (QED) is 0.367. The highest BCUT2D eigenvalue weighted by atomic mass is 16.1. The summed E-state index contributed by atoms with van der Waals surface area (Å²) in [6.07, 6.45) is 16.9. The van der Waals surface area contributed by atoms with Crippen LogP contribution >= 0.6 is 0 Å². The molecule has 0 unspecified atom stereocenters. The molecule has 2 aromatic heterocycles. The van der Waals surface area contributed by atoms with E-state index < -0.39 is 0 Å². The van der Waals surface area contributed by atoms with E-state index >= 15 is 0 Å². The van der Waals surface area contributed by atoms with Crippen LogP contribution in [-0.4, -0.2) is 56.2 Å². The number of rotatable bonds is 7. The van der Waals surface area contributed by atoms with Crippen LogP contribution in [0.5, 0.6) is 0 Å². The summed E-state index contributed by atoms with van der Waals surface area (Å²) in [5.74, 6) is 0.759. The molecule has 200 valence electrons. The maximum Gasteiger partial charge on any atom is 0.251 e. The molecule has 0 atom stereocenters. The monoisotopic (exact) mass is 520 g/mol. The van der Waals surface area contributed by atoms with Gasteiger partial charge in [-0.3, -0.25) is 14.8 Å². The van der Waals surface area contributed by atoms with E-state index in [9.17, 15) is 4.79 Å². The Morgan fingerprint density at radius 1 is 0.923 bits per heavy atom. The van der Waals surface area contributed by atoms with Crippen LogP contribution in [0.25, 0.3) is 16.9 Å². The van der Waals surface area contributed by atoms with Crippen molar-refractivity contribution in [3.8, 4) is 16.9 Å². The summed E-state index contributed by atoms with van der Waals surface area (Å²) < 4.78 is 1.78. The third-order valence-electron chi connectivity index (χ3n) is 8.37. The molecule has 2 aliphatic rings. The lowest BCUT2D eigenvalue weighted by atomic mass is 9.84. The zero-order chi connectivity index (χ0) is 26.4. The number of hydrogen-bond acceptors (Lipinski definition) is 5. The summed E-state index contributed by atoms with van der Waals surface area (Å²) in [5.41, 5.74) is 6.61. The van der Waals surface area contributed by atoms with Crippen LogP contribution in [0.4, 0.5) is 0 Å². The van der Waals surface area contributed by atoms with Crippen LogP contribution in [0, 0.1) is 5.92 Å². The Morgan fingerprint density at radius 2 is 1.79 bits per heavy atom. The van der Waals surface area contributed by atoms with Gasteiger partial charge in [0, 0.05) is 55.0 Å². The van der Waals surface area contributed by atoms with E-state index in [4.69, 9.17) is 0 Å². The van der Waals surface area contributed by atoms with E-state index in [1.54, 1.807) is 23.3 Å². The molecular weight excluding hydrogens is 484 g/mol. The minimum Gasteiger partial charge on any atom is -0.349 e. The third kappa shape index (κ3) is 6.25. The first kappa shape index (κ1) is 25.4. The molecule has 39 heavy (non-hydrogen) atoms. The summed E-state index contributed by atoms with van der Waals surface area (Å²) in [5, 5.41) is 7.55. The predicted molar refractivity (Wildman–Crippen MR) is 153 cm³/mol. The Labute approximate surface area is 230 Å². The highest BCUT2D eigenvalue weighted by Gasteiger charge is 2.24. The molecule has 1 saturated carbocycles. The number of hydrogen-bond donors (Lipinski definition) is 1. The Hall–Kier alpha value is -3.84. The summed E-state index contributed by atoms with van der Waals surface area (Å²) in [7, 11) is 0. The summed E-state index contributed by atoms with van der Waals surface area (Å²) in [4.78, 5) is 24.3. The van der Waals surface area contributed by atoms with Gasteiger partial charge in [0.2, 0.25) is 0 Å². The molecule has 0 radical (unpaired) electrons. The van der Waals surface area contributed by atoms with Crippen molar-refractivity contribution in [2.24, 2.45) is 5.92 Å². The first-order chi connectivity index (χ1) is 19.2. The fourth-order valence-electron chi connectivity index (χ4n) is 6.04. The van der Waals surface area contributed by atoms with Gasteiger partial charge in [0.25, 0.3) is 5.91 Å². The van der Waals surface area contributed by atoms with Crippen LogP contribution in [0.1, 0.15) is 53.6 Å². The van der Waals surface area contributed by atoms with Gasteiger partial charge in [0.05, 0.1) is 17.6 Å². The Balaban J connectivity index is 0.954. The van der Waals surface area contributed by atoms with Crippen LogP contribution in [-0.2, 0) is 12.8 Å². The normalized spacial score (nSPS) is 19.7. The number of amides is 1. The van der Waals surface area contributed by atoms with Gasteiger partial charge in [-0.2, -0.15) is 5.10 Å². The fourth-order valence-corrected chi connectivity index (χ4v) is 6.04. The second kappa shape index (κ2) is 11.9. The standard InChI is InChI=1S/C32H36N6O/c39-32(28-3-1-4-30(22-28)38-17-2-14-35-38)36-29-9-5-24(6-10-29)11-18-37-19-12-25-7-8-27(21-26(25)13-20-37)31-23-33-15-16-34-31/h1-4,7-8,14-17,21-24,29H,5-6,9-13,18-20H2,(H,36,39). The van der Waals surface area contributed by atoms with Gasteiger partial charge in [-0.25, -0.2) is 4.68 Å². The molecule has 1 fully saturated rings. The number of nitrogens with zero attached hydrogens (tertiary/aromatic N) is 5.